The van der Waals surface area contributed by atoms with E-state index in [1.54, 1.807) is 18.3 Å². The lowest BCUT2D eigenvalue weighted by atomic mass is 10.2. The number of hydrogen-bond donors (Lipinski definition) is 2. The molecule has 0 radical (unpaired) electrons. The Morgan fingerprint density at radius 1 is 1.44 bits per heavy atom. The monoisotopic (exact) mass is 252 g/mol. The number of ether oxygens (including phenoxy) is 1. The second-order valence-electron chi connectivity index (χ2n) is 3.73. The zero-order valence-corrected chi connectivity index (χ0v) is 10.2. The summed E-state index contributed by atoms with van der Waals surface area (Å²) in [6, 6.07) is 3.51. The van der Waals surface area contributed by atoms with Crippen LogP contribution in [0.1, 0.15) is 24.8 Å². The van der Waals surface area contributed by atoms with E-state index in [1.807, 2.05) is 0 Å². The second kappa shape index (κ2) is 7.26. The molecule has 0 aromatic carbocycles. The summed E-state index contributed by atoms with van der Waals surface area (Å²) in [7, 11) is 1.52. The Hall–Kier alpha value is -2.11. The molecule has 98 valence electrons. The molecule has 1 aromatic rings. The van der Waals surface area contributed by atoms with Gasteiger partial charge in [-0.2, -0.15) is 0 Å². The fourth-order valence-electron chi connectivity index (χ4n) is 1.36. The second-order valence-corrected chi connectivity index (χ2v) is 3.73. The largest absolute Gasteiger partial charge is 0.481 e. The van der Waals surface area contributed by atoms with Gasteiger partial charge in [0.1, 0.15) is 0 Å². The summed E-state index contributed by atoms with van der Waals surface area (Å²) in [5, 5.41) is 11.1. The molecular formula is C12H16N2O4. The van der Waals surface area contributed by atoms with Crippen LogP contribution in [0, 0.1) is 0 Å². The first kappa shape index (κ1) is 14.0. The Bertz CT molecular complexity index is 420. The van der Waals surface area contributed by atoms with Crippen molar-refractivity contribution in [2.45, 2.75) is 25.8 Å². The predicted molar refractivity (Wildman–Crippen MR) is 64.1 cm³/mol. The number of carbonyl (C=O) groups excluding carboxylic acids is 1. The van der Waals surface area contributed by atoms with E-state index in [0.717, 1.165) is 5.56 Å². The highest BCUT2D eigenvalue weighted by atomic mass is 16.5. The Morgan fingerprint density at radius 3 is 2.89 bits per heavy atom. The molecule has 6 heteroatoms. The number of nitrogens with zero attached hydrogens (tertiary/aromatic N) is 1. The maximum absolute atomic E-state index is 11.4. The van der Waals surface area contributed by atoms with Crippen molar-refractivity contribution in [2.75, 3.05) is 7.11 Å². The molecule has 0 unspecified atom stereocenters. The Balaban J connectivity index is 2.31. The van der Waals surface area contributed by atoms with Gasteiger partial charge in [-0.05, 0) is 18.1 Å². The first-order valence-corrected chi connectivity index (χ1v) is 5.59. The molecule has 0 spiro atoms. The standard InChI is InChI=1S/C12H16N2O4/c1-18-11-7-9(5-6-13-11)8-14-10(15)3-2-4-12(16)17/h5-7H,2-4,8H2,1H3,(H,14,15)(H,16,17). The lowest BCUT2D eigenvalue weighted by Crippen LogP contribution is -2.22. The van der Waals surface area contributed by atoms with Crippen LogP contribution >= 0.6 is 0 Å². The zero-order valence-electron chi connectivity index (χ0n) is 10.2. The minimum atomic E-state index is -0.887. The Kier molecular flexibility index (Phi) is 5.63. The minimum Gasteiger partial charge on any atom is -0.481 e. The number of amides is 1. The molecule has 6 nitrogen and oxygen atoms in total. The SMILES string of the molecule is COc1cc(CNC(=O)CCCC(=O)O)ccn1. The third kappa shape index (κ3) is 5.29. The molecule has 0 aliphatic rings. The highest BCUT2D eigenvalue weighted by Crippen LogP contribution is 2.08. The summed E-state index contributed by atoms with van der Waals surface area (Å²) in [6.45, 7) is 0.380. The summed E-state index contributed by atoms with van der Waals surface area (Å²) in [4.78, 5) is 25.6. The molecule has 0 aliphatic carbocycles. The van der Waals surface area contributed by atoms with Gasteiger partial charge in [-0.25, -0.2) is 4.98 Å². The van der Waals surface area contributed by atoms with Crippen LogP contribution in [0.25, 0.3) is 0 Å². The lowest BCUT2D eigenvalue weighted by Gasteiger charge is -2.06. The quantitative estimate of drug-likeness (QED) is 0.754. The summed E-state index contributed by atoms with van der Waals surface area (Å²) in [5.41, 5.74) is 0.883. The summed E-state index contributed by atoms with van der Waals surface area (Å²) in [5.74, 6) is -0.554. The van der Waals surface area contributed by atoms with Gasteiger partial charge in [0, 0.05) is 31.6 Å². The number of pyridine rings is 1. The van der Waals surface area contributed by atoms with Crippen LogP contribution in [0.3, 0.4) is 0 Å². The number of aromatic nitrogens is 1. The number of methoxy groups -OCH3 is 1. The maximum atomic E-state index is 11.4. The molecule has 2 N–H and O–H groups in total. The third-order valence-electron chi connectivity index (χ3n) is 2.29. The molecular weight excluding hydrogens is 236 g/mol. The Morgan fingerprint density at radius 2 is 2.22 bits per heavy atom. The van der Waals surface area contributed by atoms with Crippen LogP contribution in [0.15, 0.2) is 18.3 Å². The molecule has 0 aliphatic heterocycles. The molecule has 1 heterocycles. The lowest BCUT2D eigenvalue weighted by molar-refractivity contribution is -0.137. The van der Waals surface area contributed by atoms with Crippen molar-refractivity contribution in [2.24, 2.45) is 0 Å². The molecule has 1 rings (SSSR count). The van der Waals surface area contributed by atoms with Gasteiger partial charge in [0.05, 0.1) is 7.11 Å². The fraction of sp³-hybridized carbons (Fsp3) is 0.417. The van der Waals surface area contributed by atoms with Crippen molar-refractivity contribution >= 4 is 11.9 Å². The highest BCUT2D eigenvalue weighted by molar-refractivity contribution is 5.76. The summed E-state index contributed by atoms with van der Waals surface area (Å²) >= 11 is 0. The van der Waals surface area contributed by atoms with E-state index in [-0.39, 0.29) is 18.7 Å². The number of aliphatic carboxylic acids is 1. The van der Waals surface area contributed by atoms with Crippen molar-refractivity contribution in [3.63, 3.8) is 0 Å². The number of hydrogen-bond acceptors (Lipinski definition) is 4. The first-order chi connectivity index (χ1) is 8.61. The number of carboxylic acid groups (broad SMARTS) is 1. The molecule has 0 saturated heterocycles. The van der Waals surface area contributed by atoms with Gasteiger partial charge in [0.2, 0.25) is 11.8 Å². The molecule has 18 heavy (non-hydrogen) atoms. The average molecular weight is 252 g/mol. The summed E-state index contributed by atoms with van der Waals surface area (Å²) < 4.78 is 4.96. The first-order valence-electron chi connectivity index (χ1n) is 5.59. The molecule has 0 bridgehead atoms. The van der Waals surface area contributed by atoms with Gasteiger partial charge >= 0.3 is 5.97 Å². The van der Waals surface area contributed by atoms with Crippen molar-refractivity contribution in [1.82, 2.24) is 10.3 Å². The smallest absolute Gasteiger partial charge is 0.303 e. The normalized spacial score (nSPS) is 9.83. The van der Waals surface area contributed by atoms with Crippen LogP contribution in [-0.2, 0) is 16.1 Å². The van der Waals surface area contributed by atoms with Crippen LogP contribution in [0.4, 0.5) is 0 Å². The van der Waals surface area contributed by atoms with Gasteiger partial charge in [-0.1, -0.05) is 0 Å². The van der Waals surface area contributed by atoms with Gasteiger partial charge < -0.3 is 15.2 Å². The number of carboxylic acids is 1. The predicted octanol–water partition coefficient (Wildman–Crippen LogP) is 0.961. The van der Waals surface area contributed by atoms with Crippen molar-refractivity contribution in [3.8, 4) is 5.88 Å². The minimum absolute atomic E-state index is 0.0104. The molecule has 0 fully saturated rings. The van der Waals surface area contributed by atoms with Crippen molar-refractivity contribution < 1.29 is 19.4 Å². The highest BCUT2D eigenvalue weighted by Gasteiger charge is 2.04. The van der Waals surface area contributed by atoms with Crippen LogP contribution in [0.5, 0.6) is 5.88 Å². The van der Waals surface area contributed by atoms with Crippen molar-refractivity contribution in [3.05, 3.63) is 23.9 Å². The van der Waals surface area contributed by atoms with Gasteiger partial charge in [-0.3, -0.25) is 9.59 Å². The fourth-order valence-corrected chi connectivity index (χ4v) is 1.36. The van der Waals surface area contributed by atoms with Gasteiger partial charge in [-0.15, -0.1) is 0 Å². The number of nitrogens with one attached hydrogen (secondary N) is 1. The van der Waals surface area contributed by atoms with E-state index in [9.17, 15) is 9.59 Å². The zero-order chi connectivity index (χ0) is 13.4. The van der Waals surface area contributed by atoms with Crippen LogP contribution < -0.4 is 10.1 Å². The molecule has 1 amide bonds. The van der Waals surface area contributed by atoms with E-state index < -0.39 is 5.97 Å². The maximum Gasteiger partial charge on any atom is 0.303 e. The topological polar surface area (TPSA) is 88.5 Å². The van der Waals surface area contributed by atoms with Crippen LogP contribution in [0.2, 0.25) is 0 Å². The van der Waals surface area contributed by atoms with E-state index in [4.69, 9.17) is 9.84 Å². The van der Waals surface area contributed by atoms with E-state index in [0.29, 0.717) is 18.8 Å². The van der Waals surface area contributed by atoms with Gasteiger partial charge in [0.25, 0.3) is 0 Å². The van der Waals surface area contributed by atoms with Crippen molar-refractivity contribution in [1.29, 1.82) is 0 Å². The average Bonchev–Trinajstić information content (AvgIpc) is 2.36. The van der Waals surface area contributed by atoms with E-state index in [2.05, 4.69) is 10.3 Å². The molecule has 1 aromatic heterocycles. The van der Waals surface area contributed by atoms with Crippen LogP contribution in [-0.4, -0.2) is 29.1 Å². The molecule has 0 saturated carbocycles. The van der Waals surface area contributed by atoms with Gasteiger partial charge in [0.15, 0.2) is 0 Å². The van der Waals surface area contributed by atoms with E-state index in [1.165, 1.54) is 7.11 Å². The summed E-state index contributed by atoms with van der Waals surface area (Å²) in [6.07, 6.45) is 2.18. The van der Waals surface area contributed by atoms with E-state index >= 15 is 0 Å². The Labute approximate surface area is 105 Å². The third-order valence-corrected chi connectivity index (χ3v) is 2.29. The number of carbonyl (C=O) groups is 2. The molecule has 0 atom stereocenters. The number of rotatable bonds is 7.